The van der Waals surface area contributed by atoms with Gasteiger partial charge in [-0.3, -0.25) is 0 Å². The lowest BCUT2D eigenvalue weighted by molar-refractivity contribution is 0.379. The second kappa shape index (κ2) is 4.80. The quantitative estimate of drug-likeness (QED) is 0.837. The standard InChI is InChI=1S/C14H18N2S/c15-6-10-5-13(17-9-10)7-16-8-14(11-1-2-11)12-3-4-12/h5,9,11-12,14,16H,1-4,7-8H2. The zero-order valence-corrected chi connectivity index (χ0v) is 10.8. The molecule has 2 aliphatic rings. The fraction of sp³-hybridized carbons (Fsp3) is 0.643. The molecule has 2 saturated carbocycles. The zero-order chi connectivity index (χ0) is 11.7. The maximum absolute atomic E-state index is 8.76. The van der Waals surface area contributed by atoms with Gasteiger partial charge in [-0.05, 0) is 56.0 Å². The Morgan fingerprint density at radius 3 is 2.59 bits per heavy atom. The molecule has 1 heterocycles. The van der Waals surface area contributed by atoms with Crippen molar-refractivity contribution < 1.29 is 0 Å². The smallest absolute Gasteiger partial charge is 0.100 e. The fourth-order valence-electron chi connectivity index (χ4n) is 2.66. The van der Waals surface area contributed by atoms with Crippen LogP contribution in [0.25, 0.3) is 0 Å². The lowest BCUT2D eigenvalue weighted by Gasteiger charge is -2.15. The molecule has 0 unspecified atom stereocenters. The summed E-state index contributed by atoms with van der Waals surface area (Å²) in [6, 6.07) is 4.19. The van der Waals surface area contributed by atoms with Crippen molar-refractivity contribution >= 4 is 11.3 Å². The van der Waals surface area contributed by atoms with Crippen LogP contribution in [-0.4, -0.2) is 6.54 Å². The molecular weight excluding hydrogens is 228 g/mol. The molecule has 0 aliphatic heterocycles. The average Bonchev–Trinajstić information content (AvgIpc) is 3.25. The van der Waals surface area contributed by atoms with Gasteiger partial charge in [0.05, 0.1) is 5.56 Å². The summed E-state index contributed by atoms with van der Waals surface area (Å²) >= 11 is 1.69. The van der Waals surface area contributed by atoms with Crippen molar-refractivity contribution in [3.05, 3.63) is 21.9 Å². The first-order valence-corrected chi connectivity index (χ1v) is 7.43. The van der Waals surface area contributed by atoms with Gasteiger partial charge in [0.1, 0.15) is 6.07 Å². The Labute approximate surface area is 107 Å². The summed E-state index contributed by atoms with van der Waals surface area (Å²) < 4.78 is 0. The molecule has 1 aromatic heterocycles. The molecule has 0 amide bonds. The predicted octanol–water partition coefficient (Wildman–Crippen LogP) is 3.15. The van der Waals surface area contributed by atoms with Crippen LogP contribution in [0.5, 0.6) is 0 Å². The van der Waals surface area contributed by atoms with Crippen molar-refractivity contribution in [1.82, 2.24) is 5.32 Å². The van der Waals surface area contributed by atoms with Crippen LogP contribution < -0.4 is 5.32 Å². The first-order chi connectivity index (χ1) is 8.36. The maximum Gasteiger partial charge on any atom is 0.100 e. The van der Waals surface area contributed by atoms with E-state index in [1.165, 1.54) is 37.1 Å². The molecular formula is C14H18N2S. The van der Waals surface area contributed by atoms with Gasteiger partial charge in [-0.25, -0.2) is 0 Å². The highest BCUT2D eigenvalue weighted by Crippen LogP contribution is 2.48. The third kappa shape index (κ3) is 2.88. The molecule has 2 nitrogen and oxygen atoms in total. The number of nitrogens with one attached hydrogen (secondary N) is 1. The Morgan fingerprint density at radius 2 is 2.06 bits per heavy atom. The Balaban J connectivity index is 1.46. The fourth-order valence-corrected chi connectivity index (χ4v) is 3.44. The lowest BCUT2D eigenvalue weighted by Crippen LogP contribution is -2.24. The third-order valence-corrected chi connectivity index (χ3v) is 4.85. The van der Waals surface area contributed by atoms with Gasteiger partial charge >= 0.3 is 0 Å². The van der Waals surface area contributed by atoms with Crippen molar-refractivity contribution in [1.29, 1.82) is 5.26 Å². The monoisotopic (exact) mass is 246 g/mol. The molecule has 1 N–H and O–H groups in total. The normalized spacial score (nSPS) is 19.5. The Morgan fingerprint density at radius 1 is 1.35 bits per heavy atom. The number of nitriles is 1. The molecule has 3 rings (SSSR count). The van der Waals surface area contributed by atoms with Crippen molar-refractivity contribution in [3.63, 3.8) is 0 Å². The van der Waals surface area contributed by atoms with Gasteiger partial charge < -0.3 is 5.32 Å². The van der Waals surface area contributed by atoms with E-state index < -0.39 is 0 Å². The van der Waals surface area contributed by atoms with E-state index in [0.717, 1.165) is 29.9 Å². The summed E-state index contributed by atoms with van der Waals surface area (Å²) in [5.74, 6) is 2.98. The average molecular weight is 246 g/mol. The van der Waals surface area contributed by atoms with Gasteiger partial charge in [-0.15, -0.1) is 11.3 Å². The van der Waals surface area contributed by atoms with E-state index in [9.17, 15) is 0 Å². The first kappa shape index (κ1) is 11.3. The minimum absolute atomic E-state index is 0.799. The molecule has 1 aromatic rings. The molecule has 3 heteroatoms. The van der Waals surface area contributed by atoms with Gasteiger partial charge in [-0.1, -0.05) is 0 Å². The SMILES string of the molecule is N#Cc1csc(CNCC(C2CC2)C2CC2)c1. The minimum Gasteiger partial charge on any atom is -0.312 e. The summed E-state index contributed by atoms with van der Waals surface area (Å²) in [5.41, 5.74) is 0.799. The Kier molecular flexibility index (Phi) is 3.17. The van der Waals surface area contributed by atoms with E-state index >= 15 is 0 Å². The van der Waals surface area contributed by atoms with Crippen LogP contribution in [0.4, 0.5) is 0 Å². The summed E-state index contributed by atoms with van der Waals surface area (Å²) in [6.45, 7) is 2.11. The van der Waals surface area contributed by atoms with Crippen LogP contribution in [0.15, 0.2) is 11.4 Å². The van der Waals surface area contributed by atoms with E-state index in [0.29, 0.717) is 0 Å². The number of hydrogen-bond acceptors (Lipinski definition) is 3. The summed E-state index contributed by atoms with van der Waals surface area (Å²) in [7, 11) is 0. The molecule has 0 spiro atoms. The first-order valence-electron chi connectivity index (χ1n) is 6.55. The van der Waals surface area contributed by atoms with E-state index in [-0.39, 0.29) is 0 Å². The van der Waals surface area contributed by atoms with Crippen molar-refractivity contribution in [3.8, 4) is 6.07 Å². The van der Waals surface area contributed by atoms with Gasteiger partial charge in [0, 0.05) is 16.8 Å². The van der Waals surface area contributed by atoms with Gasteiger partial charge in [0.25, 0.3) is 0 Å². The second-order valence-electron chi connectivity index (χ2n) is 5.38. The van der Waals surface area contributed by atoms with Crippen molar-refractivity contribution in [2.45, 2.75) is 32.2 Å². The van der Waals surface area contributed by atoms with Crippen LogP contribution in [-0.2, 0) is 6.54 Å². The van der Waals surface area contributed by atoms with E-state index in [4.69, 9.17) is 5.26 Å². The summed E-state index contributed by atoms with van der Waals surface area (Å²) in [4.78, 5) is 1.28. The molecule has 0 aromatic carbocycles. The molecule has 2 fully saturated rings. The van der Waals surface area contributed by atoms with Crippen molar-refractivity contribution in [2.75, 3.05) is 6.54 Å². The molecule has 2 aliphatic carbocycles. The van der Waals surface area contributed by atoms with Crippen LogP contribution in [0.3, 0.4) is 0 Å². The highest BCUT2D eigenvalue weighted by atomic mass is 32.1. The second-order valence-corrected chi connectivity index (χ2v) is 6.38. The van der Waals surface area contributed by atoms with Gasteiger partial charge in [-0.2, -0.15) is 5.26 Å². The third-order valence-electron chi connectivity index (χ3n) is 3.92. The largest absolute Gasteiger partial charge is 0.312 e. The van der Waals surface area contributed by atoms with Crippen LogP contribution in [0.1, 0.15) is 36.1 Å². The Bertz CT molecular complexity index is 412. The number of nitrogens with zero attached hydrogens (tertiary/aromatic N) is 1. The topological polar surface area (TPSA) is 35.8 Å². The summed E-state index contributed by atoms with van der Waals surface area (Å²) in [6.07, 6.45) is 5.84. The van der Waals surface area contributed by atoms with Crippen LogP contribution in [0, 0.1) is 29.1 Å². The van der Waals surface area contributed by atoms with Crippen LogP contribution in [0.2, 0.25) is 0 Å². The number of rotatable bonds is 6. The lowest BCUT2D eigenvalue weighted by atomic mass is 9.98. The summed E-state index contributed by atoms with van der Waals surface area (Å²) in [5, 5.41) is 14.3. The van der Waals surface area contributed by atoms with E-state index in [1.54, 1.807) is 11.3 Å². The van der Waals surface area contributed by atoms with E-state index in [2.05, 4.69) is 11.4 Å². The molecule has 90 valence electrons. The number of thiophene rings is 1. The molecule has 17 heavy (non-hydrogen) atoms. The maximum atomic E-state index is 8.76. The molecule has 0 radical (unpaired) electrons. The molecule has 0 bridgehead atoms. The zero-order valence-electron chi connectivity index (χ0n) is 9.98. The van der Waals surface area contributed by atoms with Crippen LogP contribution >= 0.6 is 11.3 Å². The highest BCUT2D eigenvalue weighted by molar-refractivity contribution is 7.10. The van der Waals surface area contributed by atoms with Gasteiger partial charge in [0.15, 0.2) is 0 Å². The minimum atomic E-state index is 0.799. The number of hydrogen-bond donors (Lipinski definition) is 1. The van der Waals surface area contributed by atoms with Crippen molar-refractivity contribution in [2.24, 2.45) is 17.8 Å². The van der Waals surface area contributed by atoms with Gasteiger partial charge in [0.2, 0.25) is 0 Å². The van der Waals surface area contributed by atoms with E-state index in [1.807, 2.05) is 11.4 Å². The predicted molar refractivity (Wildman–Crippen MR) is 69.7 cm³/mol. The Hall–Kier alpha value is -0.850. The molecule has 0 atom stereocenters. The highest BCUT2D eigenvalue weighted by Gasteiger charge is 2.40. The molecule has 0 saturated heterocycles.